The van der Waals surface area contributed by atoms with E-state index in [2.05, 4.69) is 11.8 Å². The molecule has 5 heteroatoms. The van der Waals surface area contributed by atoms with Crippen LogP contribution in [0, 0.1) is 0 Å². The van der Waals surface area contributed by atoms with Crippen molar-refractivity contribution in [1.29, 1.82) is 0 Å². The number of hydrogen-bond acceptors (Lipinski definition) is 5. The highest BCUT2D eigenvalue weighted by Crippen LogP contribution is 2.30. The number of fused-ring (bicyclic) bond motifs is 1. The van der Waals surface area contributed by atoms with Crippen LogP contribution in [0.25, 0.3) is 0 Å². The van der Waals surface area contributed by atoms with Crippen molar-refractivity contribution < 1.29 is 18.9 Å². The van der Waals surface area contributed by atoms with Gasteiger partial charge in [-0.2, -0.15) is 0 Å². The Labute approximate surface area is 138 Å². The summed E-state index contributed by atoms with van der Waals surface area (Å²) in [4.78, 5) is 2.34. The van der Waals surface area contributed by atoms with Gasteiger partial charge in [0, 0.05) is 19.7 Å². The Bertz CT molecular complexity index is 476. The minimum Gasteiger partial charge on any atom is -0.486 e. The van der Waals surface area contributed by atoms with Crippen LogP contribution in [0.1, 0.15) is 19.8 Å². The van der Waals surface area contributed by atoms with Gasteiger partial charge in [0.05, 0.1) is 19.3 Å². The lowest BCUT2D eigenvalue weighted by Crippen LogP contribution is -2.42. The summed E-state index contributed by atoms with van der Waals surface area (Å²) in [6.45, 7) is 7.84. The van der Waals surface area contributed by atoms with Crippen molar-refractivity contribution >= 4 is 0 Å². The predicted octanol–water partition coefficient (Wildman–Crippen LogP) is 2.34. The van der Waals surface area contributed by atoms with Gasteiger partial charge in [0.25, 0.3) is 0 Å². The van der Waals surface area contributed by atoms with Crippen LogP contribution in [-0.4, -0.2) is 63.2 Å². The molecule has 0 aromatic heterocycles. The molecule has 0 bridgehead atoms. The molecular weight excluding hydrogens is 294 g/mol. The fourth-order valence-corrected chi connectivity index (χ4v) is 3.00. The van der Waals surface area contributed by atoms with E-state index in [-0.39, 0.29) is 6.10 Å². The van der Waals surface area contributed by atoms with E-state index in [0.717, 1.165) is 57.2 Å². The molecule has 2 atom stereocenters. The van der Waals surface area contributed by atoms with Crippen LogP contribution >= 0.6 is 0 Å². The Morgan fingerprint density at radius 3 is 2.87 bits per heavy atom. The van der Waals surface area contributed by atoms with Crippen molar-refractivity contribution in [2.45, 2.75) is 32.0 Å². The van der Waals surface area contributed by atoms with Gasteiger partial charge in [-0.15, -0.1) is 0 Å². The number of nitrogens with zero attached hydrogens (tertiary/aromatic N) is 1. The fourth-order valence-electron chi connectivity index (χ4n) is 3.00. The fraction of sp³-hybridized carbons (Fsp3) is 0.667. The molecule has 0 amide bonds. The maximum Gasteiger partial charge on any atom is 0.161 e. The van der Waals surface area contributed by atoms with Gasteiger partial charge < -0.3 is 18.9 Å². The van der Waals surface area contributed by atoms with Gasteiger partial charge in [-0.25, -0.2) is 0 Å². The molecule has 1 saturated heterocycles. The summed E-state index contributed by atoms with van der Waals surface area (Å²) in [5.74, 6) is 1.68. The number of hydrogen-bond donors (Lipinski definition) is 0. The molecule has 0 aliphatic carbocycles. The second kappa shape index (κ2) is 8.52. The van der Waals surface area contributed by atoms with Crippen LogP contribution < -0.4 is 9.47 Å². The molecule has 23 heavy (non-hydrogen) atoms. The molecule has 0 spiro atoms. The van der Waals surface area contributed by atoms with Crippen LogP contribution in [0.2, 0.25) is 0 Å². The Hall–Kier alpha value is -1.30. The second-order valence-electron chi connectivity index (χ2n) is 6.10. The molecule has 0 unspecified atom stereocenters. The molecule has 3 rings (SSSR count). The van der Waals surface area contributed by atoms with Crippen molar-refractivity contribution in [3.8, 4) is 11.5 Å². The average Bonchev–Trinajstić information content (AvgIpc) is 3.11. The summed E-state index contributed by atoms with van der Waals surface area (Å²) in [7, 11) is 0. The third kappa shape index (κ3) is 4.83. The lowest BCUT2D eigenvalue weighted by atomic mass is 10.2. The van der Waals surface area contributed by atoms with Crippen molar-refractivity contribution in [3.05, 3.63) is 24.3 Å². The standard InChI is InChI=1S/C18H27NO4/c1-2-19(9-11-20-13-15-6-5-10-21-15)12-16-14-22-17-7-3-4-8-18(17)23-16/h3-4,7-8,15-16H,2,5-6,9-14H2,1H3/t15-,16-/m1/s1. The number of rotatable bonds is 8. The number of ether oxygens (including phenoxy) is 4. The Morgan fingerprint density at radius 2 is 2.09 bits per heavy atom. The Balaban J connectivity index is 1.37. The van der Waals surface area contributed by atoms with E-state index in [1.165, 1.54) is 0 Å². The number of para-hydroxylation sites is 2. The van der Waals surface area contributed by atoms with E-state index in [0.29, 0.717) is 19.3 Å². The van der Waals surface area contributed by atoms with Crippen molar-refractivity contribution in [2.75, 3.05) is 46.1 Å². The first kappa shape index (κ1) is 16.6. The van der Waals surface area contributed by atoms with Gasteiger partial charge in [-0.1, -0.05) is 19.1 Å². The van der Waals surface area contributed by atoms with Crippen LogP contribution in [0.4, 0.5) is 0 Å². The van der Waals surface area contributed by atoms with Crippen molar-refractivity contribution in [3.63, 3.8) is 0 Å². The number of likely N-dealkylation sites (N-methyl/N-ethyl adjacent to an activating group) is 1. The summed E-state index contributed by atoms with van der Waals surface area (Å²) in [5, 5.41) is 0. The zero-order valence-corrected chi connectivity index (χ0v) is 13.9. The first-order valence-electron chi connectivity index (χ1n) is 8.65. The van der Waals surface area contributed by atoms with Crippen LogP contribution in [-0.2, 0) is 9.47 Å². The Kier molecular flexibility index (Phi) is 6.13. The number of benzene rings is 1. The Morgan fingerprint density at radius 1 is 1.22 bits per heavy atom. The summed E-state index contributed by atoms with van der Waals surface area (Å²) < 4.78 is 23.1. The summed E-state index contributed by atoms with van der Waals surface area (Å²) in [5.41, 5.74) is 0. The predicted molar refractivity (Wildman–Crippen MR) is 88.3 cm³/mol. The zero-order valence-electron chi connectivity index (χ0n) is 13.9. The lowest BCUT2D eigenvalue weighted by Gasteiger charge is -2.30. The summed E-state index contributed by atoms with van der Waals surface area (Å²) >= 11 is 0. The molecule has 2 aliphatic rings. The highest BCUT2D eigenvalue weighted by molar-refractivity contribution is 5.40. The molecule has 1 aromatic rings. The molecule has 0 saturated carbocycles. The van der Waals surface area contributed by atoms with E-state index < -0.39 is 0 Å². The van der Waals surface area contributed by atoms with Gasteiger partial charge in [0.1, 0.15) is 12.7 Å². The topological polar surface area (TPSA) is 40.2 Å². The first-order valence-corrected chi connectivity index (χ1v) is 8.65. The van der Waals surface area contributed by atoms with E-state index in [1.807, 2.05) is 24.3 Å². The molecule has 2 heterocycles. The van der Waals surface area contributed by atoms with Gasteiger partial charge >= 0.3 is 0 Å². The van der Waals surface area contributed by atoms with Gasteiger partial charge in [0.15, 0.2) is 11.5 Å². The smallest absolute Gasteiger partial charge is 0.161 e. The highest BCUT2D eigenvalue weighted by atomic mass is 16.6. The lowest BCUT2D eigenvalue weighted by molar-refractivity contribution is 0.00441. The van der Waals surface area contributed by atoms with Crippen molar-refractivity contribution in [2.24, 2.45) is 0 Å². The largest absolute Gasteiger partial charge is 0.486 e. The van der Waals surface area contributed by atoms with Gasteiger partial charge in [0.2, 0.25) is 0 Å². The maximum absolute atomic E-state index is 6.02. The second-order valence-corrected chi connectivity index (χ2v) is 6.10. The van der Waals surface area contributed by atoms with E-state index in [1.54, 1.807) is 0 Å². The average molecular weight is 321 g/mol. The molecular formula is C18H27NO4. The molecule has 1 aromatic carbocycles. The van der Waals surface area contributed by atoms with E-state index in [9.17, 15) is 0 Å². The molecule has 1 fully saturated rings. The maximum atomic E-state index is 6.02. The quantitative estimate of drug-likeness (QED) is 0.687. The van der Waals surface area contributed by atoms with E-state index in [4.69, 9.17) is 18.9 Å². The van der Waals surface area contributed by atoms with Crippen molar-refractivity contribution in [1.82, 2.24) is 4.90 Å². The molecule has 0 N–H and O–H groups in total. The minimum atomic E-state index is 0.0722. The monoisotopic (exact) mass is 321 g/mol. The third-order valence-corrected chi connectivity index (χ3v) is 4.36. The summed E-state index contributed by atoms with van der Waals surface area (Å²) in [6, 6.07) is 7.85. The molecule has 128 valence electrons. The van der Waals surface area contributed by atoms with Gasteiger partial charge in [-0.05, 0) is 31.5 Å². The zero-order chi connectivity index (χ0) is 15.9. The van der Waals surface area contributed by atoms with Crippen LogP contribution in [0.15, 0.2) is 24.3 Å². The third-order valence-electron chi connectivity index (χ3n) is 4.36. The molecule has 5 nitrogen and oxygen atoms in total. The minimum absolute atomic E-state index is 0.0722. The molecule has 2 aliphatic heterocycles. The van der Waals surface area contributed by atoms with Crippen LogP contribution in [0.3, 0.4) is 0 Å². The van der Waals surface area contributed by atoms with E-state index >= 15 is 0 Å². The first-order chi connectivity index (χ1) is 11.3. The summed E-state index contributed by atoms with van der Waals surface area (Å²) in [6.07, 6.45) is 2.67. The SMILES string of the molecule is CCN(CCOC[C@H]1CCCO1)C[C@@H]1COc2ccccc2O1. The van der Waals surface area contributed by atoms with Crippen LogP contribution in [0.5, 0.6) is 11.5 Å². The normalized spacial score (nSPS) is 23.4. The van der Waals surface area contributed by atoms with Gasteiger partial charge in [-0.3, -0.25) is 4.90 Å². The highest BCUT2D eigenvalue weighted by Gasteiger charge is 2.22. The molecule has 0 radical (unpaired) electrons.